The Morgan fingerprint density at radius 2 is 2.11 bits per heavy atom. The molecule has 94 valence electrons. The number of nitrogens with two attached hydrogens (primary N) is 1. The van der Waals surface area contributed by atoms with Crippen LogP contribution in [0.2, 0.25) is 5.02 Å². The van der Waals surface area contributed by atoms with Crippen LogP contribution >= 0.6 is 27.5 Å². The van der Waals surface area contributed by atoms with Gasteiger partial charge in [0.1, 0.15) is 5.75 Å². The standard InChI is InChI=1S/C13H12BrClN2O/c1-8(16)9-2-5-13(17-7-9)18-12-4-3-10(14)6-11(12)15/h2-8H,16H2,1H3. The van der Waals surface area contributed by atoms with Gasteiger partial charge in [-0.05, 0) is 30.7 Å². The van der Waals surface area contributed by atoms with Gasteiger partial charge in [-0.25, -0.2) is 4.98 Å². The minimum atomic E-state index is -0.0391. The molecule has 5 heteroatoms. The lowest BCUT2D eigenvalue weighted by Gasteiger charge is -2.08. The first-order valence-electron chi connectivity index (χ1n) is 5.40. The highest BCUT2D eigenvalue weighted by Gasteiger charge is 2.05. The van der Waals surface area contributed by atoms with Crippen molar-refractivity contribution in [2.24, 2.45) is 5.73 Å². The molecule has 0 fully saturated rings. The maximum Gasteiger partial charge on any atom is 0.219 e. The Hall–Kier alpha value is -1.10. The Labute approximate surface area is 119 Å². The Kier molecular flexibility index (Phi) is 4.22. The molecule has 0 saturated carbocycles. The second-order valence-corrected chi connectivity index (χ2v) is 5.22. The average Bonchev–Trinajstić information content (AvgIpc) is 2.33. The van der Waals surface area contributed by atoms with Crippen molar-refractivity contribution in [3.05, 3.63) is 51.6 Å². The number of nitrogens with zero attached hydrogens (tertiary/aromatic N) is 1. The molecule has 0 amide bonds. The molecule has 2 rings (SSSR count). The molecule has 0 spiro atoms. The van der Waals surface area contributed by atoms with Crippen molar-refractivity contribution in [2.45, 2.75) is 13.0 Å². The van der Waals surface area contributed by atoms with Crippen LogP contribution in [-0.2, 0) is 0 Å². The topological polar surface area (TPSA) is 48.1 Å². The summed E-state index contributed by atoms with van der Waals surface area (Å²) in [6.07, 6.45) is 1.70. The molecule has 0 saturated heterocycles. The van der Waals surface area contributed by atoms with Crippen molar-refractivity contribution >= 4 is 27.5 Å². The van der Waals surface area contributed by atoms with Crippen LogP contribution in [0.1, 0.15) is 18.5 Å². The zero-order valence-electron chi connectivity index (χ0n) is 9.73. The molecule has 2 N–H and O–H groups in total. The van der Waals surface area contributed by atoms with Gasteiger partial charge in [0.15, 0.2) is 0 Å². The van der Waals surface area contributed by atoms with Crippen LogP contribution in [0.5, 0.6) is 11.6 Å². The highest BCUT2D eigenvalue weighted by molar-refractivity contribution is 9.10. The summed E-state index contributed by atoms with van der Waals surface area (Å²) in [4.78, 5) is 4.19. The summed E-state index contributed by atoms with van der Waals surface area (Å²) in [5.41, 5.74) is 6.71. The second-order valence-electron chi connectivity index (χ2n) is 3.90. The summed E-state index contributed by atoms with van der Waals surface area (Å²) < 4.78 is 6.50. The first-order valence-corrected chi connectivity index (χ1v) is 6.58. The molecular weight excluding hydrogens is 316 g/mol. The Balaban J connectivity index is 2.18. The van der Waals surface area contributed by atoms with E-state index in [9.17, 15) is 0 Å². The van der Waals surface area contributed by atoms with Gasteiger partial charge in [-0.2, -0.15) is 0 Å². The summed E-state index contributed by atoms with van der Waals surface area (Å²) in [6.45, 7) is 1.91. The SMILES string of the molecule is CC(N)c1ccc(Oc2ccc(Br)cc2Cl)nc1. The third kappa shape index (κ3) is 3.22. The molecule has 0 bridgehead atoms. The number of ether oxygens (including phenoxy) is 1. The minimum absolute atomic E-state index is 0.0391. The van der Waals surface area contributed by atoms with E-state index in [1.165, 1.54) is 0 Å². The van der Waals surface area contributed by atoms with Gasteiger partial charge in [0, 0.05) is 22.8 Å². The molecule has 0 aliphatic heterocycles. The molecule has 1 atom stereocenters. The van der Waals surface area contributed by atoms with Crippen LogP contribution in [0.3, 0.4) is 0 Å². The smallest absolute Gasteiger partial charge is 0.219 e. The molecule has 3 nitrogen and oxygen atoms in total. The van der Waals surface area contributed by atoms with Crippen molar-refractivity contribution in [1.29, 1.82) is 0 Å². The van der Waals surface area contributed by atoms with Gasteiger partial charge in [-0.3, -0.25) is 0 Å². The van der Waals surface area contributed by atoms with E-state index in [0.717, 1.165) is 10.0 Å². The van der Waals surface area contributed by atoms with E-state index in [0.29, 0.717) is 16.7 Å². The van der Waals surface area contributed by atoms with Crippen molar-refractivity contribution in [3.8, 4) is 11.6 Å². The van der Waals surface area contributed by atoms with E-state index in [1.54, 1.807) is 24.4 Å². The molecule has 0 aliphatic carbocycles. The quantitative estimate of drug-likeness (QED) is 0.914. The largest absolute Gasteiger partial charge is 0.437 e. The Bertz CT molecular complexity index is 543. The van der Waals surface area contributed by atoms with Crippen molar-refractivity contribution in [3.63, 3.8) is 0 Å². The highest BCUT2D eigenvalue weighted by atomic mass is 79.9. The average molecular weight is 328 g/mol. The minimum Gasteiger partial charge on any atom is -0.437 e. The fourth-order valence-electron chi connectivity index (χ4n) is 1.39. The number of rotatable bonds is 3. The number of hydrogen-bond acceptors (Lipinski definition) is 3. The summed E-state index contributed by atoms with van der Waals surface area (Å²) in [5, 5.41) is 0.530. The van der Waals surface area contributed by atoms with Crippen molar-refractivity contribution in [2.75, 3.05) is 0 Å². The number of benzene rings is 1. The van der Waals surface area contributed by atoms with Gasteiger partial charge in [0.25, 0.3) is 0 Å². The monoisotopic (exact) mass is 326 g/mol. The third-order valence-corrected chi connectivity index (χ3v) is 3.18. The number of halogens is 2. The predicted octanol–water partition coefficient (Wildman–Crippen LogP) is 4.31. The molecule has 0 aliphatic rings. The van der Waals surface area contributed by atoms with Crippen LogP contribution in [-0.4, -0.2) is 4.98 Å². The van der Waals surface area contributed by atoms with E-state index in [2.05, 4.69) is 20.9 Å². The highest BCUT2D eigenvalue weighted by Crippen LogP contribution is 2.31. The first kappa shape index (κ1) is 13.3. The van der Waals surface area contributed by atoms with E-state index in [1.807, 2.05) is 19.1 Å². The van der Waals surface area contributed by atoms with Crippen LogP contribution in [0.4, 0.5) is 0 Å². The molecular formula is C13H12BrClN2O. The van der Waals surface area contributed by atoms with Gasteiger partial charge in [0.2, 0.25) is 5.88 Å². The first-order chi connectivity index (χ1) is 8.56. The molecule has 2 aromatic rings. The molecule has 1 unspecified atom stereocenters. The van der Waals surface area contributed by atoms with Gasteiger partial charge in [-0.1, -0.05) is 33.6 Å². The van der Waals surface area contributed by atoms with Crippen LogP contribution in [0, 0.1) is 0 Å². The van der Waals surface area contributed by atoms with Gasteiger partial charge >= 0.3 is 0 Å². The van der Waals surface area contributed by atoms with E-state index < -0.39 is 0 Å². The van der Waals surface area contributed by atoms with E-state index in [-0.39, 0.29) is 6.04 Å². The lowest BCUT2D eigenvalue weighted by Crippen LogP contribution is -2.05. The van der Waals surface area contributed by atoms with Crippen LogP contribution in [0.15, 0.2) is 41.0 Å². The second kappa shape index (κ2) is 5.69. The number of aromatic nitrogens is 1. The predicted molar refractivity (Wildman–Crippen MR) is 76.1 cm³/mol. The number of pyridine rings is 1. The third-order valence-electron chi connectivity index (χ3n) is 2.39. The molecule has 1 aromatic heterocycles. The summed E-state index contributed by atoms with van der Waals surface area (Å²) in [7, 11) is 0. The van der Waals surface area contributed by atoms with Crippen LogP contribution < -0.4 is 10.5 Å². The Morgan fingerprint density at radius 1 is 1.33 bits per heavy atom. The zero-order valence-corrected chi connectivity index (χ0v) is 12.1. The fourth-order valence-corrected chi connectivity index (χ4v) is 2.10. The van der Waals surface area contributed by atoms with E-state index >= 15 is 0 Å². The molecule has 1 heterocycles. The zero-order chi connectivity index (χ0) is 13.1. The van der Waals surface area contributed by atoms with Gasteiger partial charge < -0.3 is 10.5 Å². The molecule has 18 heavy (non-hydrogen) atoms. The lowest BCUT2D eigenvalue weighted by molar-refractivity contribution is 0.462. The maximum atomic E-state index is 6.06. The maximum absolute atomic E-state index is 6.06. The normalized spacial score (nSPS) is 12.2. The summed E-state index contributed by atoms with van der Waals surface area (Å²) >= 11 is 9.40. The molecule has 1 aromatic carbocycles. The van der Waals surface area contributed by atoms with Crippen molar-refractivity contribution in [1.82, 2.24) is 4.98 Å². The van der Waals surface area contributed by atoms with Crippen molar-refractivity contribution < 1.29 is 4.74 Å². The fraction of sp³-hybridized carbons (Fsp3) is 0.154. The molecule has 0 radical (unpaired) electrons. The number of hydrogen-bond donors (Lipinski definition) is 1. The lowest BCUT2D eigenvalue weighted by atomic mass is 10.2. The Morgan fingerprint density at radius 3 is 2.67 bits per heavy atom. The van der Waals surface area contributed by atoms with Gasteiger partial charge in [0.05, 0.1) is 5.02 Å². The summed E-state index contributed by atoms with van der Waals surface area (Å²) in [5.74, 6) is 1.06. The summed E-state index contributed by atoms with van der Waals surface area (Å²) in [6, 6.07) is 9.04. The van der Waals surface area contributed by atoms with E-state index in [4.69, 9.17) is 22.1 Å². The van der Waals surface area contributed by atoms with Gasteiger partial charge in [-0.15, -0.1) is 0 Å². The van der Waals surface area contributed by atoms with Crippen LogP contribution in [0.25, 0.3) is 0 Å².